The molecule has 2 aromatic heterocycles. The molecule has 1 N–H and O–H groups in total. The minimum Gasteiger partial charge on any atom is -0.366 e. The highest BCUT2D eigenvalue weighted by molar-refractivity contribution is 6.45. The Bertz CT molecular complexity index is 1140. The van der Waals surface area contributed by atoms with Crippen LogP contribution in [0.4, 0.5) is 5.69 Å². The van der Waals surface area contributed by atoms with Gasteiger partial charge in [-0.25, -0.2) is 9.97 Å². The van der Waals surface area contributed by atoms with Crippen molar-refractivity contribution in [3.63, 3.8) is 0 Å². The molecule has 31 heavy (non-hydrogen) atoms. The number of likely N-dealkylation sites (N-methyl/N-ethyl adjacent to an activating group) is 1. The van der Waals surface area contributed by atoms with Crippen LogP contribution in [0.2, 0.25) is 10.0 Å². The molecule has 2 aliphatic heterocycles. The third-order valence-corrected chi connectivity index (χ3v) is 7.24. The van der Waals surface area contributed by atoms with E-state index in [9.17, 15) is 4.79 Å². The van der Waals surface area contributed by atoms with Gasteiger partial charge in [-0.05, 0) is 20.0 Å². The molecule has 3 aromatic rings. The number of fused-ring (bicyclic) bond motifs is 3. The third-order valence-electron chi connectivity index (χ3n) is 6.43. The maximum Gasteiger partial charge on any atom is 0.292 e. The molecule has 1 saturated heterocycles. The van der Waals surface area contributed by atoms with Crippen molar-refractivity contribution in [3.8, 4) is 0 Å². The molecule has 9 heteroatoms. The number of amides is 1. The summed E-state index contributed by atoms with van der Waals surface area (Å²) in [4.78, 5) is 31.9. The number of hydrogen-bond acceptors (Lipinski definition) is 5. The van der Waals surface area contributed by atoms with Crippen LogP contribution in [0.15, 0.2) is 24.5 Å². The van der Waals surface area contributed by atoms with Gasteiger partial charge in [0.2, 0.25) is 5.82 Å². The van der Waals surface area contributed by atoms with E-state index in [-0.39, 0.29) is 17.8 Å². The molecule has 0 spiro atoms. The number of benzene rings is 1. The van der Waals surface area contributed by atoms with Crippen LogP contribution in [0.3, 0.4) is 0 Å². The van der Waals surface area contributed by atoms with E-state index in [1.807, 2.05) is 17.9 Å². The summed E-state index contributed by atoms with van der Waals surface area (Å²) in [7, 11) is 2.12. The Hall–Kier alpha value is -2.35. The molecule has 2 aliphatic rings. The highest BCUT2D eigenvalue weighted by atomic mass is 35.5. The largest absolute Gasteiger partial charge is 0.366 e. The quantitative estimate of drug-likeness (QED) is 0.632. The lowest BCUT2D eigenvalue weighted by atomic mass is 9.97. The van der Waals surface area contributed by atoms with Gasteiger partial charge in [0.15, 0.2) is 0 Å². The van der Waals surface area contributed by atoms with E-state index in [4.69, 9.17) is 23.2 Å². The van der Waals surface area contributed by atoms with E-state index in [0.717, 1.165) is 54.0 Å². The number of rotatable bonds is 2. The number of carbonyl (C=O) groups is 1. The molecular formula is C22H24Cl2N6O. The van der Waals surface area contributed by atoms with Gasteiger partial charge in [0.25, 0.3) is 5.91 Å². The fraction of sp³-hybridized carbons (Fsp3) is 0.409. The van der Waals surface area contributed by atoms with Gasteiger partial charge < -0.3 is 19.7 Å². The fourth-order valence-electron chi connectivity index (χ4n) is 4.60. The number of nitrogens with one attached hydrogen (secondary N) is 1. The highest BCUT2D eigenvalue weighted by Crippen LogP contribution is 2.40. The number of aromatic amines is 1. The Balaban J connectivity index is 1.39. The molecule has 0 radical (unpaired) electrons. The summed E-state index contributed by atoms with van der Waals surface area (Å²) in [5, 5.41) is 2.03. The maximum atomic E-state index is 13.3. The third kappa shape index (κ3) is 3.54. The first-order valence-corrected chi connectivity index (χ1v) is 11.2. The lowest BCUT2D eigenvalue weighted by Gasteiger charge is -2.34. The van der Waals surface area contributed by atoms with Gasteiger partial charge in [-0.2, -0.15) is 0 Å². The van der Waals surface area contributed by atoms with E-state index in [2.05, 4.69) is 31.8 Å². The second-order valence-corrected chi connectivity index (χ2v) is 9.07. The number of anilines is 1. The Morgan fingerprint density at radius 1 is 1.10 bits per heavy atom. The van der Waals surface area contributed by atoms with Gasteiger partial charge >= 0.3 is 0 Å². The summed E-state index contributed by atoms with van der Waals surface area (Å²) in [6.45, 7) is 6.51. The van der Waals surface area contributed by atoms with Gasteiger partial charge in [-0.1, -0.05) is 29.3 Å². The van der Waals surface area contributed by atoms with Gasteiger partial charge in [0.05, 0.1) is 39.7 Å². The molecule has 0 bridgehead atoms. The lowest BCUT2D eigenvalue weighted by Crippen LogP contribution is -2.44. The van der Waals surface area contributed by atoms with Crippen LogP contribution in [0.1, 0.15) is 34.8 Å². The zero-order valence-corrected chi connectivity index (χ0v) is 19.0. The summed E-state index contributed by atoms with van der Waals surface area (Å²) in [5.74, 6) is 0.0755. The summed E-state index contributed by atoms with van der Waals surface area (Å²) in [5.41, 5.74) is 3.97. The molecular weight excluding hydrogens is 435 g/mol. The monoisotopic (exact) mass is 458 g/mol. The van der Waals surface area contributed by atoms with Crippen LogP contribution < -0.4 is 4.90 Å². The molecule has 1 fully saturated rings. The number of H-pyrrole nitrogens is 1. The molecule has 7 nitrogen and oxygen atoms in total. The molecule has 1 unspecified atom stereocenters. The Morgan fingerprint density at radius 3 is 2.52 bits per heavy atom. The van der Waals surface area contributed by atoms with Crippen LogP contribution in [0.5, 0.6) is 0 Å². The van der Waals surface area contributed by atoms with Crippen molar-refractivity contribution >= 4 is 45.7 Å². The smallest absolute Gasteiger partial charge is 0.292 e. The average molecular weight is 459 g/mol. The molecule has 0 aliphatic carbocycles. The summed E-state index contributed by atoms with van der Waals surface area (Å²) < 4.78 is 0. The molecule has 1 aromatic carbocycles. The molecule has 1 amide bonds. The minimum atomic E-state index is -0.155. The second kappa shape index (κ2) is 7.97. The molecule has 0 saturated carbocycles. The maximum absolute atomic E-state index is 13.3. The van der Waals surface area contributed by atoms with Crippen molar-refractivity contribution in [2.75, 3.05) is 44.7 Å². The van der Waals surface area contributed by atoms with Crippen LogP contribution in [0, 0.1) is 0 Å². The van der Waals surface area contributed by atoms with Crippen LogP contribution in [-0.4, -0.2) is 70.4 Å². The van der Waals surface area contributed by atoms with Crippen LogP contribution in [-0.2, 0) is 6.42 Å². The minimum absolute atomic E-state index is 0.122. The Labute approximate surface area is 191 Å². The van der Waals surface area contributed by atoms with E-state index in [0.29, 0.717) is 23.0 Å². The van der Waals surface area contributed by atoms with E-state index in [1.54, 1.807) is 18.5 Å². The van der Waals surface area contributed by atoms with Crippen LogP contribution >= 0.6 is 23.2 Å². The number of hydrogen-bond donors (Lipinski definition) is 1. The molecule has 162 valence electrons. The number of piperazine rings is 1. The molecule has 5 rings (SSSR count). The van der Waals surface area contributed by atoms with Gasteiger partial charge in [-0.15, -0.1) is 0 Å². The SMILES string of the molecule is CC1c2c([nH]c3c(Cl)c(Cl)ccc23)CCN1C(=O)c1ncc(N2CCN(C)CC2)cn1. The molecule has 4 heterocycles. The normalized spacial score (nSPS) is 19.7. The van der Waals surface area contributed by atoms with Crippen molar-refractivity contribution in [3.05, 3.63) is 51.7 Å². The second-order valence-electron chi connectivity index (χ2n) is 8.28. The first-order valence-electron chi connectivity index (χ1n) is 10.5. The van der Waals surface area contributed by atoms with E-state index in [1.165, 1.54) is 0 Å². The van der Waals surface area contributed by atoms with Gasteiger partial charge in [0.1, 0.15) is 0 Å². The van der Waals surface area contributed by atoms with Crippen LogP contribution in [0.25, 0.3) is 10.9 Å². The Kier molecular flexibility index (Phi) is 5.28. The zero-order valence-electron chi connectivity index (χ0n) is 17.5. The predicted molar refractivity (Wildman–Crippen MR) is 123 cm³/mol. The first kappa shape index (κ1) is 20.5. The molecule has 1 atom stereocenters. The van der Waals surface area contributed by atoms with E-state index >= 15 is 0 Å². The van der Waals surface area contributed by atoms with Crippen molar-refractivity contribution in [1.82, 2.24) is 24.8 Å². The van der Waals surface area contributed by atoms with E-state index < -0.39 is 0 Å². The number of nitrogens with zero attached hydrogens (tertiary/aromatic N) is 5. The van der Waals surface area contributed by atoms with Gasteiger partial charge in [0, 0.05) is 55.8 Å². The summed E-state index contributed by atoms with van der Waals surface area (Å²) in [6.07, 6.45) is 4.24. The van der Waals surface area contributed by atoms with Crippen molar-refractivity contribution in [2.24, 2.45) is 0 Å². The number of halogens is 2. The fourth-order valence-corrected chi connectivity index (χ4v) is 4.97. The lowest BCUT2D eigenvalue weighted by molar-refractivity contribution is 0.0665. The standard InChI is InChI=1S/C22H24Cl2N6O/c1-13-18-15-3-4-16(23)19(24)20(15)27-17(18)5-6-30(13)22(31)21-25-11-14(12-26-21)29-9-7-28(2)8-10-29/h3-4,11-13,27H,5-10H2,1-2H3. The highest BCUT2D eigenvalue weighted by Gasteiger charge is 2.33. The predicted octanol–water partition coefficient (Wildman–Crippen LogP) is 3.78. The van der Waals surface area contributed by atoms with Crippen molar-refractivity contribution < 1.29 is 4.79 Å². The van der Waals surface area contributed by atoms with Crippen molar-refractivity contribution in [2.45, 2.75) is 19.4 Å². The first-order chi connectivity index (χ1) is 14.9. The summed E-state index contributed by atoms with van der Waals surface area (Å²) >= 11 is 12.6. The Morgan fingerprint density at radius 2 is 1.81 bits per heavy atom. The average Bonchev–Trinajstić information content (AvgIpc) is 3.17. The topological polar surface area (TPSA) is 68.4 Å². The van der Waals surface area contributed by atoms with Crippen molar-refractivity contribution in [1.29, 1.82) is 0 Å². The number of aromatic nitrogens is 3. The zero-order chi connectivity index (χ0) is 21.7. The van der Waals surface area contributed by atoms with Gasteiger partial charge in [-0.3, -0.25) is 4.79 Å². The number of carbonyl (C=O) groups excluding carboxylic acids is 1. The summed E-state index contributed by atoms with van der Waals surface area (Å²) in [6, 6.07) is 3.64.